The lowest BCUT2D eigenvalue weighted by atomic mass is 9.97. The number of nitrogens with one attached hydrogen (secondary N) is 2. The lowest BCUT2D eigenvalue weighted by molar-refractivity contribution is 0.431. The molecule has 5 rings (SSSR count). The minimum Gasteiger partial charge on any atom is -0.361 e. The van der Waals surface area contributed by atoms with E-state index in [1.807, 2.05) is 18.2 Å². The number of rotatable bonds is 6. The van der Waals surface area contributed by atoms with Gasteiger partial charge in [0, 0.05) is 29.4 Å². The molecule has 0 bridgehead atoms. The highest BCUT2D eigenvalue weighted by atomic mass is 35.5. The Balaban J connectivity index is 1.44. The highest BCUT2D eigenvalue weighted by Gasteiger charge is 2.23. The van der Waals surface area contributed by atoms with Gasteiger partial charge >= 0.3 is 0 Å². The summed E-state index contributed by atoms with van der Waals surface area (Å²) in [6.45, 7) is 2.75. The molecule has 0 unspecified atom stereocenters. The number of para-hydroxylation sites is 1. The fourth-order valence-electron chi connectivity index (χ4n) is 4.49. The smallest absolute Gasteiger partial charge is 0.136 e. The van der Waals surface area contributed by atoms with Crippen molar-refractivity contribution in [3.63, 3.8) is 0 Å². The van der Waals surface area contributed by atoms with Gasteiger partial charge < -0.3 is 14.9 Å². The van der Waals surface area contributed by atoms with Crippen LogP contribution < -0.4 is 5.32 Å². The van der Waals surface area contributed by atoms with E-state index in [0.29, 0.717) is 22.5 Å². The summed E-state index contributed by atoms with van der Waals surface area (Å²) < 4.78 is 2.30. The van der Waals surface area contributed by atoms with Gasteiger partial charge in [-0.3, -0.25) is 0 Å². The second-order valence-electron chi connectivity index (χ2n) is 8.19. The Morgan fingerprint density at radius 2 is 1.81 bits per heavy atom. The van der Waals surface area contributed by atoms with Gasteiger partial charge in [-0.05, 0) is 61.7 Å². The van der Waals surface area contributed by atoms with Gasteiger partial charge in [-0.2, -0.15) is 0 Å². The van der Waals surface area contributed by atoms with Crippen LogP contribution in [0.15, 0.2) is 48.7 Å². The van der Waals surface area contributed by atoms with Crippen molar-refractivity contribution in [1.29, 1.82) is 0 Å². The molecule has 4 aromatic rings. The third-order valence-corrected chi connectivity index (χ3v) is 6.92. The van der Waals surface area contributed by atoms with E-state index in [2.05, 4.69) is 55.5 Å². The van der Waals surface area contributed by atoms with E-state index in [1.54, 1.807) is 0 Å². The molecular weight excluding hydrogens is 429 g/mol. The average Bonchev–Trinajstić information content (AvgIpc) is 3.39. The molecule has 2 aromatic carbocycles. The van der Waals surface area contributed by atoms with Crippen LogP contribution in [0.2, 0.25) is 10.0 Å². The highest BCUT2D eigenvalue weighted by molar-refractivity contribution is 6.42. The summed E-state index contributed by atoms with van der Waals surface area (Å²) in [5.74, 6) is 2.53. The van der Waals surface area contributed by atoms with Crippen LogP contribution in [0.3, 0.4) is 0 Å². The first kappa shape index (κ1) is 20.6. The van der Waals surface area contributed by atoms with E-state index in [0.717, 1.165) is 56.0 Å². The number of piperidine rings is 1. The molecule has 1 fully saturated rings. The van der Waals surface area contributed by atoms with Gasteiger partial charge in [0.1, 0.15) is 11.6 Å². The van der Waals surface area contributed by atoms with Gasteiger partial charge in [-0.25, -0.2) is 0 Å². The second kappa shape index (κ2) is 9.03. The summed E-state index contributed by atoms with van der Waals surface area (Å²) in [6.07, 6.45) is 6.03. The largest absolute Gasteiger partial charge is 0.361 e. The standard InChI is InChI=1S/C24H25Cl2N5/c25-20-7-5-16(13-21(20)26)15-31-23(29-30-24(31)17-9-11-27-12-10-17)8-6-18-14-28-22-4-2-1-3-19(18)22/h1-5,7,13-14,17,27-28H,6,8-12,15H2. The minimum atomic E-state index is 0.429. The summed E-state index contributed by atoms with van der Waals surface area (Å²) in [5, 5.41) is 15.2. The molecule has 7 heteroatoms. The van der Waals surface area contributed by atoms with Crippen molar-refractivity contribution < 1.29 is 0 Å². The maximum Gasteiger partial charge on any atom is 0.136 e. The van der Waals surface area contributed by atoms with Gasteiger partial charge in [-0.1, -0.05) is 47.5 Å². The normalized spacial score (nSPS) is 15.0. The van der Waals surface area contributed by atoms with Gasteiger partial charge in [0.05, 0.1) is 16.6 Å². The van der Waals surface area contributed by atoms with Crippen LogP contribution >= 0.6 is 23.2 Å². The Morgan fingerprint density at radius 3 is 2.65 bits per heavy atom. The van der Waals surface area contributed by atoms with E-state index in [9.17, 15) is 0 Å². The molecule has 160 valence electrons. The summed E-state index contributed by atoms with van der Waals surface area (Å²) in [7, 11) is 0. The lowest BCUT2D eigenvalue weighted by Crippen LogP contribution is -2.28. The number of aryl methyl sites for hydroxylation is 2. The number of fused-ring (bicyclic) bond motifs is 1. The molecule has 0 spiro atoms. The predicted molar refractivity (Wildman–Crippen MR) is 126 cm³/mol. The van der Waals surface area contributed by atoms with Crippen molar-refractivity contribution in [1.82, 2.24) is 25.1 Å². The Labute approximate surface area is 191 Å². The van der Waals surface area contributed by atoms with Crippen LogP contribution in [-0.2, 0) is 19.4 Å². The van der Waals surface area contributed by atoms with Crippen LogP contribution in [0.25, 0.3) is 10.9 Å². The lowest BCUT2D eigenvalue weighted by Gasteiger charge is -2.23. The number of nitrogens with zero attached hydrogens (tertiary/aromatic N) is 3. The van der Waals surface area contributed by atoms with Crippen molar-refractivity contribution in [3.8, 4) is 0 Å². The van der Waals surface area contributed by atoms with Gasteiger partial charge in [0.15, 0.2) is 0 Å². The Hall–Kier alpha value is -2.34. The summed E-state index contributed by atoms with van der Waals surface area (Å²) in [5.41, 5.74) is 3.59. The number of hydrogen-bond donors (Lipinski definition) is 2. The van der Waals surface area contributed by atoms with Crippen molar-refractivity contribution in [2.45, 2.75) is 38.1 Å². The molecule has 5 nitrogen and oxygen atoms in total. The van der Waals surface area contributed by atoms with E-state index in [-0.39, 0.29) is 0 Å². The quantitative estimate of drug-likeness (QED) is 0.412. The molecule has 0 saturated carbocycles. The number of benzene rings is 2. The predicted octanol–water partition coefficient (Wildman–Crippen LogP) is 5.37. The first-order chi connectivity index (χ1) is 15.2. The van der Waals surface area contributed by atoms with Gasteiger partial charge in [0.25, 0.3) is 0 Å². The second-order valence-corrected chi connectivity index (χ2v) is 9.01. The third-order valence-electron chi connectivity index (χ3n) is 6.18. The molecule has 0 radical (unpaired) electrons. The van der Waals surface area contributed by atoms with E-state index < -0.39 is 0 Å². The molecule has 1 saturated heterocycles. The molecule has 0 amide bonds. The molecular formula is C24H25Cl2N5. The van der Waals surface area contributed by atoms with Gasteiger partial charge in [0.2, 0.25) is 0 Å². The number of hydrogen-bond acceptors (Lipinski definition) is 3. The van der Waals surface area contributed by atoms with Crippen molar-refractivity contribution in [2.75, 3.05) is 13.1 Å². The first-order valence-electron chi connectivity index (χ1n) is 10.8. The molecule has 2 aromatic heterocycles. The number of halogens is 2. The Kier molecular flexibility index (Phi) is 5.99. The van der Waals surface area contributed by atoms with Crippen LogP contribution in [0.4, 0.5) is 0 Å². The molecule has 2 N–H and O–H groups in total. The summed E-state index contributed by atoms with van der Waals surface area (Å²) in [4.78, 5) is 3.37. The monoisotopic (exact) mass is 453 g/mol. The molecule has 1 aliphatic heterocycles. The fourth-order valence-corrected chi connectivity index (χ4v) is 4.81. The average molecular weight is 454 g/mol. The van der Waals surface area contributed by atoms with E-state index >= 15 is 0 Å². The van der Waals surface area contributed by atoms with Crippen molar-refractivity contribution in [2.24, 2.45) is 0 Å². The maximum absolute atomic E-state index is 6.28. The summed E-state index contributed by atoms with van der Waals surface area (Å²) >= 11 is 12.4. The van der Waals surface area contributed by atoms with Crippen LogP contribution in [0.5, 0.6) is 0 Å². The zero-order chi connectivity index (χ0) is 21.2. The number of aromatic amines is 1. The maximum atomic E-state index is 6.28. The zero-order valence-electron chi connectivity index (χ0n) is 17.2. The number of aromatic nitrogens is 4. The molecule has 31 heavy (non-hydrogen) atoms. The molecule has 0 atom stereocenters. The van der Waals surface area contributed by atoms with Crippen molar-refractivity contribution >= 4 is 34.1 Å². The molecule has 3 heterocycles. The van der Waals surface area contributed by atoms with Gasteiger partial charge in [-0.15, -0.1) is 10.2 Å². The summed E-state index contributed by atoms with van der Waals surface area (Å²) in [6, 6.07) is 14.3. The molecule has 1 aliphatic rings. The topological polar surface area (TPSA) is 58.5 Å². The molecule has 0 aliphatic carbocycles. The Bertz CT molecular complexity index is 1190. The van der Waals surface area contributed by atoms with Crippen LogP contribution in [-0.4, -0.2) is 32.8 Å². The Morgan fingerprint density at radius 1 is 0.968 bits per heavy atom. The van der Waals surface area contributed by atoms with E-state index in [4.69, 9.17) is 23.2 Å². The SMILES string of the molecule is Clc1ccc(Cn2c(CCc3c[nH]c4ccccc34)nnc2C2CCNCC2)cc1Cl. The van der Waals surface area contributed by atoms with E-state index in [1.165, 1.54) is 16.5 Å². The number of H-pyrrole nitrogens is 1. The zero-order valence-corrected chi connectivity index (χ0v) is 18.8. The fraction of sp³-hybridized carbons (Fsp3) is 0.333. The van der Waals surface area contributed by atoms with Crippen LogP contribution in [0.1, 0.15) is 41.5 Å². The highest BCUT2D eigenvalue weighted by Crippen LogP contribution is 2.28. The van der Waals surface area contributed by atoms with Crippen LogP contribution in [0, 0.1) is 0 Å². The first-order valence-corrected chi connectivity index (χ1v) is 11.6. The third kappa shape index (κ3) is 4.36. The van der Waals surface area contributed by atoms with Crippen molar-refractivity contribution in [3.05, 3.63) is 81.5 Å². The minimum absolute atomic E-state index is 0.429.